The lowest BCUT2D eigenvalue weighted by atomic mass is 9.78. The highest BCUT2D eigenvalue weighted by Gasteiger charge is 2.35. The van der Waals surface area contributed by atoms with Gasteiger partial charge in [0.15, 0.2) is 0 Å². The maximum atomic E-state index is 12.6. The average molecular weight is 331 g/mol. The van der Waals surface area contributed by atoms with Gasteiger partial charge in [-0.25, -0.2) is 0 Å². The van der Waals surface area contributed by atoms with E-state index in [2.05, 4.69) is 4.90 Å². The highest BCUT2D eigenvalue weighted by atomic mass is 16.5. The predicted octanol–water partition coefficient (Wildman–Crippen LogP) is 4.04. The molecule has 1 aliphatic heterocycles. The minimum atomic E-state index is 0.324. The zero-order valence-corrected chi connectivity index (χ0v) is 14.7. The van der Waals surface area contributed by atoms with Crippen LogP contribution in [0.1, 0.15) is 51.4 Å². The van der Waals surface area contributed by atoms with Crippen LogP contribution in [0.15, 0.2) is 24.3 Å². The molecule has 1 saturated heterocycles. The Morgan fingerprint density at radius 1 is 1.08 bits per heavy atom. The smallest absolute Gasteiger partial charge is 0.222 e. The highest BCUT2D eigenvalue weighted by Crippen LogP contribution is 2.35. The van der Waals surface area contributed by atoms with Crippen LogP contribution >= 0.6 is 0 Å². The summed E-state index contributed by atoms with van der Waals surface area (Å²) in [6.45, 7) is 1.54. The Labute approximate surface area is 145 Å². The molecule has 1 heterocycles. The van der Waals surface area contributed by atoms with E-state index in [4.69, 9.17) is 9.47 Å². The second-order valence-corrected chi connectivity index (χ2v) is 6.97. The van der Waals surface area contributed by atoms with Crippen molar-refractivity contribution in [1.29, 1.82) is 0 Å². The molecule has 0 spiro atoms. The molecule has 2 atom stereocenters. The van der Waals surface area contributed by atoms with Crippen molar-refractivity contribution in [2.75, 3.05) is 20.3 Å². The second-order valence-electron chi connectivity index (χ2n) is 6.97. The van der Waals surface area contributed by atoms with Crippen LogP contribution in [0.3, 0.4) is 0 Å². The fraction of sp³-hybridized carbons (Fsp3) is 0.650. The van der Waals surface area contributed by atoms with Crippen molar-refractivity contribution in [3.63, 3.8) is 0 Å². The van der Waals surface area contributed by atoms with Gasteiger partial charge < -0.3 is 14.4 Å². The van der Waals surface area contributed by atoms with E-state index < -0.39 is 0 Å². The summed E-state index contributed by atoms with van der Waals surface area (Å²) in [5.41, 5.74) is 0. The van der Waals surface area contributed by atoms with Gasteiger partial charge in [-0.3, -0.25) is 4.79 Å². The van der Waals surface area contributed by atoms with Gasteiger partial charge in [0.2, 0.25) is 5.91 Å². The van der Waals surface area contributed by atoms with E-state index in [9.17, 15) is 4.79 Å². The van der Waals surface area contributed by atoms with Gasteiger partial charge in [-0.15, -0.1) is 0 Å². The minimum Gasteiger partial charge on any atom is -0.497 e. The highest BCUT2D eigenvalue weighted by molar-refractivity contribution is 5.76. The number of amides is 1. The Bertz CT molecular complexity index is 526. The van der Waals surface area contributed by atoms with Crippen LogP contribution in [-0.4, -0.2) is 37.1 Å². The molecule has 0 radical (unpaired) electrons. The van der Waals surface area contributed by atoms with Crippen LogP contribution in [0.5, 0.6) is 11.5 Å². The Balaban J connectivity index is 1.41. The van der Waals surface area contributed by atoms with Gasteiger partial charge in [-0.2, -0.15) is 0 Å². The van der Waals surface area contributed by atoms with E-state index >= 15 is 0 Å². The third-order valence-corrected chi connectivity index (χ3v) is 5.43. The van der Waals surface area contributed by atoms with E-state index in [0.717, 1.165) is 30.4 Å². The quantitative estimate of drug-likeness (QED) is 0.739. The van der Waals surface area contributed by atoms with Crippen molar-refractivity contribution in [1.82, 2.24) is 4.90 Å². The molecule has 2 unspecified atom stereocenters. The molecule has 4 heteroatoms. The molecule has 2 aliphatic rings. The number of nitrogens with zero attached hydrogens (tertiary/aromatic N) is 1. The van der Waals surface area contributed by atoms with Crippen molar-refractivity contribution in [3.8, 4) is 11.5 Å². The van der Waals surface area contributed by atoms with Gasteiger partial charge in [0.05, 0.1) is 13.7 Å². The third-order valence-electron chi connectivity index (χ3n) is 5.43. The molecule has 24 heavy (non-hydrogen) atoms. The first-order chi connectivity index (χ1) is 11.8. The maximum Gasteiger partial charge on any atom is 0.222 e. The SMILES string of the molecule is COc1ccc(OCCCC(=O)N2CCCC3CCCCC32)cc1. The first-order valence-corrected chi connectivity index (χ1v) is 9.34. The molecule has 1 aliphatic carbocycles. The first kappa shape index (κ1) is 17.1. The van der Waals surface area contributed by atoms with Crippen molar-refractivity contribution >= 4 is 5.91 Å². The van der Waals surface area contributed by atoms with E-state index in [0.29, 0.717) is 25.0 Å². The van der Waals surface area contributed by atoms with Crippen LogP contribution in [0.4, 0.5) is 0 Å². The second kappa shape index (κ2) is 8.41. The van der Waals surface area contributed by atoms with E-state index in [1.807, 2.05) is 24.3 Å². The van der Waals surface area contributed by atoms with Crippen LogP contribution in [0, 0.1) is 5.92 Å². The Kier molecular flexibility index (Phi) is 6.00. The average Bonchev–Trinajstić information content (AvgIpc) is 2.65. The molecule has 1 aromatic rings. The molecule has 0 bridgehead atoms. The number of rotatable bonds is 6. The summed E-state index contributed by atoms with van der Waals surface area (Å²) < 4.78 is 10.9. The molecule has 2 fully saturated rings. The van der Waals surface area contributed by atoms with Crippen molar-refractivity contribution in [2.45, 2.75) is 57.4 Å². The van der Waals surface area contributed by atoms with Gasteiger partial charge >= 0.3 is 0 Å². The summed E-state index contributed by atoms with van der Waals surface area (Å²) in [5.74, 6) is 2.73. The number of piperidine rings is 1. The summed E-state index contributed by atoms with van der Waals surface area (Å²) in [7, 11) is 1.65. The number of methoxy groups -OCH3 is 1. The molecule has 132 valence electrons. The summed E-state index contributed by atoms with van der Waals surface area (Å²) in [5, 5.41) is 0. The van der Waals surface area contributed by atoms with Gasteiger partial charge in [-0.1, -0.05) is 12.8 Å². The monoisotopic (exact) mass is 331 g/mol. The van der Waals surface area contributed by atoms with Gasteiger partial charge in [0.25, 0.3) is 0 Å². The van der Waals surface area contributed by atoms with E-state index in [1.165, 1.54) is 38.5 Å². The summed E-state index contributed by atoms with van der Waals surface area (Å²) in [6, 6.07) is 8.09. The number of carbonyl (C=O) groups excluding carboxylic acids is 1. The summed E-state index contributed by atoms with van der Waals surface area (Å²) >= 11 is 0. The van der Waals surface area contributed by atoms with Crippen LogP contribution in [-0.2, 0) is 4.79 Å². The summed E-state index contributed by atoms with van der Waals surface area (Å²) in [6.07, 6.45) is 9.01. The molecule has 1 saturated carbocycles. The molecule has 0 N–H and O–H groups in total. The van der Waals surface area contributed by atoms with E-state index in [-0.39, 0.29) is 0 Å². The zero-order valence-electron chi connectivity index (χ0n) is 14.7. The predicted molar refractivity (Wildman–Crippen MR) is 94.4 cm³/mol. The number of fused-ring (bicyclic) bond motifs is 1. The van der Waals surface area contributed by atoms with Crippen LogP contribution in [0.25, 0.3) is 0 Å². The minimum absolute atomic E-state index is 0.324. The lowest BCUT2D eigenvalue weighted by molar-refractivity contribution is -0.137. The van der Waals surface area contributed by atoms with Gasteiger partial charge in [0.1, 0.15) is 11.5 Å². The molecule has 3 rings (SSSR count). The van der Waals surface area contributed by atoms with Crippen molar-refractivity contribution in [2.24, 2.45) is 5.92 Å². The molecule has 1 aromatic carbocycles. The van der Waals surface area contributed by atoms with Crippen molar-refractivity contribution < 1.29 is 14.3 Å². The van der Waals surface area contributed by atoms with Crippen LogP contribution < -0.4 is 9.47 Å². The lowest BCUT2D eigenvalue weighted by Gasteiger charge is -2.44. The topological polar surface area (TPSA) is 38.8 Å². The zero-order chi connectivity index (χ0) is 16.8. The molecule has 4 nitrogen and oxygen atoms in total. The fourth-order valence-electron chi connectivity index (χ4n) is 4.16. The standard InChI is InChI=1S/C20H29NO3/c1-23-17-10-12-18(13-11-17)24-15-5-9-20(22)21-14-4-7-16-6-2-3-8-19(16)21/h10-13,16,19H,2-9,14-15H2,1H3. The number of hydrogen-bond donors (Lipinski definition) is 0. The summed E-state index contributed by atoms with van der Waals surface area (Å²) in [4.78, 5) is 14.8. The molecular formula is C20H29NO3. The van der Waals surface area contributed by atoms with Crippen LogP contribution in [0.2, 0.25) is 0 Å². The Hall–Kier alpha value is -1.71. The van der Waals surface area contributed by atoms with Crippen molar-refractivity contribution in [3.05, 3.63) is 24.3 Å². The number of benzene rings is 1. The Morgan fingerprint density at radius 2 is 1.79 bits per heavy atom. The van der Waals surface area contributed by atoms with Gasteiger partial charge in [0, 0.05) is 19.0 Å². The number of likely N-dealkylation sites (tertiary alicyclic amines) is 1. The largest absolute Gasteiger partial charge is 0.497 e. The van der Waals surface area contributed by atoms with E-state index in [1.54, 1.807) is 7.11 Å². The fourth-order valence-corrected chi connectivity index (χ4v) is 4.16. The molecule has 0 aromatic heterocycles. The number of ether oxygens (including phenoxy) is 2. The Morgan fingerprint density at radius 3 is 2.58 bits per heavy atom. The third kappa shape index (κ3) is 4.22. The lowest BCUT2D eigenvalue weighted by Crippen LogP contribution is -2.49. The molecule has 1 amide bonds. The normalized spacial score (nSPS) is 23.5. The maximum absolute atomic E-state index is 12.6. The first-order valence-electron chi connectivity index (χ1n) is 9.34. The number of hydrogen-bond acceptors (Lipinski definition) is 3. The van der Waals surface area contributed by atoms with Gasteiger partial charge in [-0.05, 0) is 62.3 Å². The number of carbonyl (C=O) groups is 1. The molecular weight excluding hydrogens is 302 g/mol.